The van der Waals surface area contributed by atoms with Crippen LogP contribution in [0.5, 0.6) is 0 Å². The Hall–Kier alpha value is -0.170. The van der Waals surface area contributed by atoms with Gasteiger partial charge in [0.25, 0.3) is 0 Å². The van der Waals surface area contributed by atoms with E-state index in [1.165, 1.54) is 193 Å². The minimum absolute atomic E-state index is 0.676. The number of unbranched alkanes of at least 4 members (excludes halogenated alkanes) is 24. The van der Waals surface area contributed by atoms with Crippen molar-refractivity contribution in [2.24, 2.45) is 11.8 Å². The van der Waals surface area contributed by atoms with E-state index in [2.05, 4.69) is 57.7 Å². The maximum atomic E-state index is 9.33. The topological polar surface area (TPSA) is 66.8 Å². The highest BCUT2D eigenvalue weighted by Crippen LogP contribution is 2.21. The van der Waals surface area contributed by atoms with Gasteiger partial charge >= 0.3 is 10.4 Å². The molecule has 6 heteroatoms. The van der Waals surface area contributed by atoms with E-state index in [0.29, 0.717) is 6.04 Å². The van der Waals surface area contributed by atoms with Gasteiger partial charge in [-0.2, -0.15) is 8.42 Å². The van der Waals surface area contributed by atoms with Crippen molar-refractivity contribution in [1.29, 1.82) is 0 Å². The van der Waals surface area contributed by atoms with Crippen LogP contribution < -0.4 is 0 Å². The van der Waals surface area contributed by atoms with Crippen molar-refractivity contribution in [1.82, 2.24) is 4.90 Å². The molecule has 0 radical (unpaired) electrons. The average Bonchev–Trinajstić information content (AvgIpc) is 3.02. The fourth-order valence-electron chi connectivity index (χ4n) is 6.73. The standard InChI is InChI=1S/C41H85N.CH4O4S/c1-38(2)34-30-26-22-18-14-10-8-12-16-20-24-28-32-36-41(42(7)40(5)6)37-33-29-25-21-17-13-9-11-15-19-23-27-31-35-39(3)4;1-5-6(2,3)4/h38-41H,8-37H2,1-7H3;1H3,(H,2,3,4). The fraction of sp³-hybridized carbons (Fsp3) is 1.00. The molecule has 292 valence electrons. The Bertz CT molecular complexity index is 687. The lowest BCUT2D eigenvalue weighted by atomic mass is 9.98. The van der Waals surface area contributed by atoms with Crippen LogP contribution in [-0.2, 0) is 14.6 Å². The molecule has 0 aliphatic heterocycles. The number of rotatable bonds is 35. The van der Waals surface area contributed by atoms with E-state index in [1.807, 2.05) is 0 Å². The van der Waals surface area contributed by atoms with Crippen LogP contribution in [0.2, 0.25) is 0 Å². The van der Waals surface area contributed by atoms with Crippen LogP contribution in [0.4, 0.5) is 0 Å². The van der Waals surface area contributed by atoms with Gasteiger partial charge < -0.3 is 4.90 Å². The molecule has 0 fully saturated rings. The maximum Gasteiger partial charge on any atom is 0.397 e. The summed E-state index contributed by atoms with van der Waals surface area (Å²) in [4.78, 5) is 2.68. The average molecular weight is 704 g/mol. The summed E-state index contributed by atoms with van der Waals surface area (Å²) in [6.45, 7) is 14.2. The van der Waals surface area contributed by atoms with E-state index >= 15 is 0 Å². The molecular weight excluding hydrogens is 615 g/mol. The van der Waals surface area contributed by atoms with Crippen molar-refractivity contribution in [2.45, 2.75) is 246 Å². The molecule has 0 aliphatic carbocycles. The molecule has 0 spiro atoms. The normalized spacial score (nSPS) is 12.2. The number of nitrogens with zero attached hydrogens (tertiary/aromatic N) is 1. The van der Waals surface area contributed by atoms with Gasteiger partial charge in [-0.15, -0.1) is 0 Å². The zero-order valence-electron chi connectivity index (χ0n) is 34.1. The predicted molar refractivity (Wildman–Crippen MR) is 213 cm³/mol. The van der Waals surface area contributed by atoms with Crippen LogP contribution in [0, 0.1) is 11.8 Å². The summed E-state index contributed by atoms with van der Waals surface area (Å²) in [5.74, 6) is 1.78. The molecule has 48 heavy (non-hydrogen) atoms. The van der Waals surface area contributed by atoms with Gasteiger partial charge in [-0.3, -0.25) is 8.74 Å². The smallest absolute Gasteiger partial charge is 0.301 e. The van der Waals surface area contributed by atoms with E-state index in [0.717, 1.165) is 25.0 Å². The molecule has 0 saturated heterocycles. The quantitative estimate of drug-likeness (QED) is 0.0526. The Labute approximate surface area is 303 Å². The van der Waals surface area contributed by atoms with Gasteiger partial charge in [0, 0.05) is 12.1 Å². The Morgan fingerprint density at radius 1 is 0.438 bits per heavy atom. The minimum atomic E-state index is -4.16. The van der Waals surface area contributed by atoms with Crippen molar-refractivity contribution < 1.29 is 17.2 Å². The van der Waals surface area contributed by atoms with Crippen molar-refractivity contribution in [3.05, 3.63) is 0 Å². The molecule has 0 rings (SSSR count). The van der Waals surface area contributed by atoms with Crippen LogP contribution in [0.1, 0.15) is 234 Å². The Morgan fingerprint density at radius 2 is 0.625 bits per heavy atom. The second kappa shape index (κ2) is 36.6. The van der Waals surface area contributed by atoms with E-state index in [1.54, 1.807) is 0 Å². The highest BCUT2D eigenvalue weighted by atomic mass is 32.3. The molecule has 0 heterocycles. The lowest BCUT2D eigenvalue weighted by Gasteiger charge is -2.31. The van der Waals surface area contributed by atoms with Crippen LogP contribution in [0.3, 0.4) is 0 Å². The van der Waals surface area contributed by atoms with E-state index < -0.39 is 10.4 Å². The molecule has 5 nitrogen and oxygen atoms in total. The van der Waals surface area contributed by atoms with Crippen LogP contribution in [0.15, 0.2) is 0 Å². The first-order chi connectivity index (χ1) is 22.9. The van der Waals surface area contributed by atoms with Gasteiger partial charge in [0.15, 0.2) is 0 Å². The van der Waals surface area contributed by atoms with Crippen molar-refractivity contribution in [3.63, 3.8) is 0 Å². The van der Waals surface area contributed by atoms with Gasteiger partial charge in [-0.25, -0.2) is 0 Å². The first-order valence-electron chi connectivity index (χ1n) is 21.2. The maximum absolute atomic E-state index is 9.33. The largest absolute Gasteiger partial charge is 0.397 e. The van der Waals surface area contributed by atoms with Gasteiger partial charge in [-0.1, -0.05) is 207 Å². The molecule has 0 atom stereocenters. The van der Waals surface area contributed by atoms with Crippen LogP contribution in [-0.4, -0.2) is 44.1 Å². The molecule has 0 saturated carbocycles. The van der Waals surface area contributed by atoms with E-state index in [-0.39, 0.29) is 0 Å². The summed E-state index contributed by atoms with van der Waals surface area (Å²) < 4.78 is 29.7. The third kappa shape index (κ3) is 42.0. The van der Waals surface area contributed by atoms with Gasteiger partial charge in [0.1, 0.15) is 0 Å². The third-order valence-electron chi connectivity index (χ3n) is 10.2. The molecule has 0 unspecified atom stereocenters. The first-order valence-corrected chi connectivity index (χ1v) is 22.5. The molecule has 0 amide bonds. The summed E-state index contributed by atoms with van der Waals surface area (Å²) in [7, 11) is -0.910. The molecule has 0 aromatic rings. The summed E-state index contributed by atoms with van der Waals surface area (Å²) in [5.41, 5.74) is 0. The third-order valence-corrected chi connectivity index (χ3v) is 10.7. The lowest BCUT2D eigenvalue weighted by molar-refractivity contribution is 0.169. The predicted octanol–water partition coefficient (Wildman–Crippen LogP) is 14.1. The Balaban J connectivity index is 0. The molecule has 0 bridgehead atoms. The Morgan fingerprint density at radius 3 is 0.792 bits per heavy atom. The zero-order chi connectivity index (χ0) is 36.3. The summed E-state index contributed by atoms with van der Waals surface area (Å²) >= 11 is 0. The Kier molecular flexibility index (Phi) is 38.1. The molecule has 1 N–H and O–H groups in total. The van der Waals surface area contributed by atoms with E-state index in [4.69, 9.17) is 4.55 Å². The summed E-state index contributed by atoms with van der Waals surface area (Å²) in [5, 5.41) is 0. The van der Waals surface area contributed by atoms with Crippen molar-refractivity contribution in [3.8, 4) is 0 Å². The van der Waals surface area contributed by atoms with Gasteiger partial charge in [0.05, 0.1) is 7.11 Å². The van der Waals surface area contributed by atoms with Gasteiger partial charge in [-0.05, 0) is 45.6 Å². The number of hydrogen-bond acceptors (Lipinski definition) is 4. The van der Waals surface area contributed by atoms with Gasteiger partial charge in [0.2, 0.25) is 0 Å². The van der Waals surface area contributed by atoms with Crippen molar-refractivity contribution in [2.75, 3.05) is 14.2 Å². The van der Waals surface area contributed by atoms with Crippen molar-refractivity contribution >= 4 is 10.4 Å². The molecule has 0 aliphatic rings. The molecule has 0 aromatic heterocycles. The second-order valence-corrected chi connectivity index (χ2v) is 17.3. The number of hydrogen-bond donors (Lipinski definition) is 1. The molecule has 0 aromatic carbocycles. The summed E-state index contributed by atoms with van der Waals surface area (Å²) in [6.07, 6.45) is 43.8. The van der Waals surface area contributed by atoms with E-state index in [9.17, 15) is 8.42 Å². The highest BCUT2D eigenvalue weighted by molar-refractivity contribution is 7.80. The first kappa shape index (κ1) is 49.9. The van der Waals surface area contributed by atoms with Crippen LogP contribution >= 0.6 is 0 Å². The SMILES string of the molecule is CC(C)CCCCCCCCCCCCCCCC(CCCCCCCCCCCCCCCC(C)C)N(C)C(C)C.COS(=O)(=O)O. The van der Waals surface area contributed by atoms with Crippen LogP contribution in [0.25, 0.3) is 0 Å². The minimum Gasteiger partial charge on any atom is -0.301 e. The lowest BCUT2D eigenvalue weighted by Crippen LogP contribution is -2.37. The fourth-order valence-corrected chi connectivity index (χ4v) is 6.73. The zero-order valence-corrected chi connectivity index (χ0v) is 34.9. The highest BCUT2D eigenvalue weighted by Gasteiger charge is 2.16. The molecular formula is C42H89NO4S. The summed E-state index contributed by atoms with van der Waals surface area (Å²) in [6, 6.07) is 1.48. The monoisotopic (exact) mass is 704 g/mol. The second-order valence-electron chi connectivity index (χ2n) is 16.1.